The first-order valence-electron chi connectivity index (χ1n) is 8.17. The van der Waals surface area contributed by atoms with Crippen molar-refractivity contribution in [3.8, 4) is 5.75 Å². The molecule has 9 nitrogen and oxygen atoms in total. The molecule has 2 rings (SSSR count). The van der Waals surface area contributed by atoms with Crippen molar-refractivity contribution < 1.29 is 23.9 Å². The Balaban J connectivity index is 1.99. The number of hydrogen-bond acceptors (Lipinski definition) is 5. The Morgan fingerprint density at radius 1 is 1.19 bits per heavy atom. The molecule has 0 aromatic heterocycles. The number of urea groups is 1. The van der Waals surface area contributed by atoms with Crippen molar-refractivity contribution in [1.82, 2.24) is 10.6 Å². The Morgan fingerprint density at radius 3 is 2.50 bits per heavy atom. The van der Waals surface area contributed by atoms with Gasteiger partial charge in [0.15, 0.2) is 0 Å². The van der Waals surface area contributed by atoms with Gasteiger partial charge in [-0.25, -0.2) is 4.79 Å². The van der Waals surface area contributed by atoms with Gasteiger partial charge in [-0.1, -0.05) is 13.8 Å². The number of methoxy groups -OCH3 is 1. The molecule has 1 aromatic carbocycles. The average Bonchev–Trinajstić information content (AvgIpc) is 2.85. The maximum absolute atomic E-state index is 12.1. The van der Waals surface area contributed by atoms with Crippen LogP contribution in [0.1, 0.15) is 26.7 Å². The molecule has 0 spiro atoms. The molecule has 0 saturated carbocycles. The van der Waals surface area contributed by atoms with Gasteiger partial charge in [0.05, 0.1) is 19.2 Å². The van der Waals surface area contributed by atoms with Crippen molar-refractivity contribution in [1.29, 1.82) is 0 Å². The van der Waals surface area contributed by atoms with Crippen LogP contribution in [0.5, 0.6) is 5.75 Å². The minimum atomic E-state index is -0.890. The van der Waals surface area contributed by atoms with Crippen molar-refractivity contribution in [2.75, 3.05) is 17.7 Å². The minimum absolute atomic E-state index is 0.127. The van der Waals surface area contributed by atoms with E-state index in [4.69, 9.17) is 4.74 Å². The van der Waals surface area contributed by atoms with Gasteiger partial charge in [-0.05, 0) is 18.1 Å². The van der Waals surface area contributed by atoms with Crippen LogP contribution in [0.25, 0.3) is 0 Å². The Bertz CT molecular complexity index is 732. The zero-order valence-electron chi connectivity index (χ0n) is 14.8. The van der Waals surface area contributed by atoms with E-state index in [9.17, 15) is 19.2 Å². The lowest BCUT2D eigenvalue weighted by molar-refractivity contribution is -0.124. The number of rotatable bonds is 7. The van der Waals surface area contributed by atoms with E-state index in [1.165, 1.54) is 7.11 Å². The molecule has 0 unspecified atom stereocenters. The Kier molecular flexibility index (Phi) is 6.16. The fraction of sp³-hybridized carbons (Fsp3) is 0.412. The van der Waals surface area contributed by atoms with Crippen LogP contribution in [0.4, 0.5) is 16.2 Å². The average molecular weight is 362 g/mol. The summed E-state index contributed by atoms with van der Waals surface area (Å²) in [4.78, 5) is 46.5. The van der Waals surface area contributed by atoms with Crippen molar-refractivity contribution in [2.24, 2.45) is 5.92 Å². The molecule has 1 atom stereocenters. The monoisotopic (exact) mass is 362 g/mol. The van der Waals surface area contributed by atoms with E-state index in [1.54, 1.807) is 18.2 Å². The second-order valence-corrected chi connectivity index (χ2v) is 6.33. The molecule has 0 radical (unpaired) electrons. The summed E-state index contributed by atoms with van der Waals surface area (Å²) in [6, 6.07) is 3.29. The maximum atomic E-state index is 12.1. The van der Waals surface area contributed by atoms with Crippen LogP contribution >= 0.6 is 0 Å². The smallest absolute Gasteiger partial charge is 0.322 e. The number of nitrogens with one attached hydrogen (secondary N) is 4. The molecule has 5 amide bonds. The standard InChI is InChI=1S/C17H22N4O5/c1-9(2)6-14(22)19-11-5-4-10(7-13(11)26-3)18-15(23)8-12-16(24)21-17(25)20-12/h4-5,7,9,12H,6,8H2,1-3H3,(H,18,23)(H,19,22)(H2,20,21,24,25)/t12-/m1/s1. The lowest BCUT2D eigenvalue weighted by Gasteiger charge is -2.14. The maximum Gasteiger partial charge on any atom is 0.322 e. The van der Waals surface area contributed by atoms with Crippen LogP contribution < -0.4 is 26.0 Å². The number of ether oxygens (including phenoxy) is 1. The van der Waals surface area contributed by atoms with Crippen LogP contribution in [0.3, 0.4) is 0 Å². The van der Waals surface area contributed by atoms with Crippen molar-refractivity contribution in [3.63, 3.8) is 0 Å². The minimum Gasteiger partial charge on any atom is -0.494 e. The van der Waals surface area contributed by atoms with Gasteiger partial charge in [0.2, 0.25) is 11.8 Å². The van der Waals surface area contributed by atoms with E-state index in [1.807, 2.05) is 13.8 Å². The number of anilines is 2. The predicted molar refractivity (Wildman–Crippen MR) is 94.8 cm³/mol. The first-order valence-corrected chi connectivity index (χ1v) is 8.17. The Hall–Kier alpha value is -3.10. The summed E-state index contributed by atoms with van der Waals surface area (Å²) in [7, 11) is 1.46. The van der Waals surface area contributed by atoms with E-state index in [0.717, 1.165) is 0 Å². The zero-order chi connectivity index (χ0) is 19.3. The molecule has 0 bridgehead atoms. The molecular formula is C17H22N4O5. The molecular weight excluding hydrogens is 340 g/mol. The highest BCUT2D eigenvalue weighted by atomic mass is 16.5. The molecule has 1 heterocycles. The molecule has 1 aliphatic heterocycles. The number of carbonyl (C=O) groups excluding carboxylic acids is 4. The van der Waals surface area contributed by atoms with Crippen LogP contribution in [0, 0.1) is 5.92 Å². The quantitative estimate of drug-likeness (QED) is 0.543. The second kappa shape index (κ2) is 8.32. The lowest BCUT2D eigenvalue weighted by atomic mass is 10.1. The van der Waals surface area contributed by atoms with Gasteiger partial charge in [0.25, 0.3) is 5.91 Å². The lowest BCUT2D eigenvalue weighted by Crippen LogP contribution is -2.33. The predicted octanol–water partition coefficient (Wildman–Crippen LogP) is 1.22. The molecule has 1 aliphatic rings. The summed E-state index contributed by atoms with van der Waals surface area (Å²) in [5, 5.41) is 9.82. The molecule has 9 heteroatoms. The summed E-state index contributed by atoms with van der Waals surface area (Å²) in [5.74, 6) is -0.477. The third-order valence-electron chi connectivity index (χ3n) is 3.60. The first-order chi connectivity index (χ1) is 12.3. The normalized spacial score (nSPS) is 16.1. The Labute approximate surface area is 150 Å². The van der Waals surface area contributed by atoms with Gasteiger partial charge in [-0.2, -0.15) is 0 Å². The van der Waals surface area contributed by atoms with Crippen LogP contribution in [-0.4, -0.2) is 36.9 Å². The first kappa shape index (κ1) is 19.2. The summed E-state index contributed by atoms with van der Waals surface area (Å²) in [6.07, 6.45) is 0.198. The topological polar surface area (TPSA) is 126 Å². The van der Waals surface area contributed by atoms with Gasteiger partial charge in [0, 0.05) is 18.2 Å². The van der Waals surface area contributed by atoms with Crippen molar-refractivity contribution in [3.05, 3.63) is 18.2 Å². The molecule has 140 valence electrons. The van der Waals surface area contributed by atoms with Crippen LogP contribution in [0.2, 0.25) is 0 Å². The summed E-state index contributed by atoms with van der Waals surface area (Å²) in [5.41, 5.74) is 0.942. The largest absolute Gasteiger partial charge is 0.494 e. The Morgan fingerprint density at radius 2 is 1.92 bits per heavy atom. The van der Waals surface area contributed by atoms with Gasteiger partial charge in [-0.3, -0.25) is 19.7 Å². The number of imide groups is 1. The number of carbonyl (C=O) groups is 4. The highest BCUT2D eigenvalue weighted by molar-refractivity contribution is 6.07. The van der Waals surface area contributed by atoms with E-state index >= 15 is 0 Å². The van der Waals surface area contributed by atoms with E-state index < -0.39 is 23.9 Å². The molecule has 0 aliphatic carbocycles. The second-order valence-electron chi connectivity index (χ2n) is 6.33. The van der Waals surface area contributed by atoms with E-state index in [0.29, 0.717) is 23.5 Å². The van der Waals surface area contributed by atoms with E-state index in [2.05, 4.69) is 21.3 Å². The third kappa shape index (κ3) is 5.20. The van der Waals surface area contributed by atoms with Crippen LogP contribution in [-0.2, 0) is 14.4 Å². The molecule has 4 N–H and O–H groups in total. The SMILES string of the molecule is COc1cc(NC(=O)C[C@H]2NC(=O)NC2=O)ccc1NC(=O)CC(C)C. The van der Waals surface area contributed by atoms with Gasteiger partial charge in [-0.15, -0.1) is 0 Å². The fourth-order valence-corrected chi connectivity index (χ4v) is 2.44. The third-order valence-corrected chi connectivity index (χ3v) is 3.60. The molecule has 1 fully saturated rings. The number of amides is 5. The number of hydrogen-bond donors (Lipinski definition) is 4. The number of benzene rings is 1. The van der Waals surface area contributed by atoms with Gasteiger partial charge >= 0.3 is 6.03 Å². The van der Waals surface area contributed by atoms with Crippen LogP contribution in [0.15, 0.2) is 18.2 Å². The molecule has 1 saturated heterocycles. The van der Waals surface area contributed by atoms with Gasteiger partial charge in [0.1, 0.15) is 11.8 Å². The van der Waals surface area contributed by atoms with Crippen molar-refractivity contribution >= 4 is 35.1 Å². The highest BCUT2D eigenvalue weighted by Crippen LogP contribution is 2.28. The summed E-state index contributed by atoms with van der Waals surface area (Å²) < 4.78 is 5.25. The zero-order valence-corrected chi connectivity index (χ0v) is 14.8. The van der Waals surface area contributed by atoms with E-state index in [-0.39, 0.29) is 18.2 Å². The highest BCUT2D eigenvalue weighted by Gasteiger charge is 2.31. The fourth-order valence-electron chi connectivity index (χ4n) is 2.44. The summed E-state index contributed by atoms with van der Waals surface area (Å²) in [6.45, 7) is 3.89. The molecule has 26 heavy (non-hydrogen) atoms. The summed E-state index contributed by atoms with van der Waals surface area (Å²) >= 11 is 0. The molecule has 1 aromatic rings. The van der Waals surface area contributed by atoms with Crippen molar-refractivity contribution in [2.45, 2.75) is 32.7 Å². The van der Waals surface area contributed by atoms with Gasteiger partial charge < -0.3 is 20.7 Å².